The third kappa shape index (κ3) is 1.84. The fourth-order valence-corrected chi connectivity index (χ4v) is 2.06. The van der Waals surface area contributed by atoms with E-state index >= 15 is 0 Å². The molecule has 0 fully saturated rings. The van der Waals surface area contributed by atoms with Gasteiger partial charge in [-0.05, 0) is 12.1 Å². The first-order valence-corrected chi connectivity index (χ1v) is 5.68. The Morgan fingerprint density at radius 1 is 1.47 bits per heavy atom. The lowest BCUT2D eigenvalue weighted by atomic mass is 10.0. The maximum Gasteiger partial charge on any atom is 0.336 e. The second-order valence-electron chi connectivity index (χ2n) is 3.31. The van der Waals surface area contributed by atoms with Gasteiger partial charge in [-0.15, -0.1) is 0 Å². The molecule has 0 unspecified atom stereocenters. The second-order valence-corrected chi connectivity index (χ2v) is 4.24. The quantitative estimate of drug-likeness (QED) is 0.767. The smallest absolute Gasteiger partial charge is 0.336 e. The van der Waals surface area contributed by atoms with Crippen LogP contribution >= 0.6 is 0 Å². The number of benzene rings is 1. The Balaban J connectivity index is 2.67. The van der Waals surface area contributed by atoms with Crippen molar-refractivity contribution in [1.82, 2.24) is 0 Å². The van der Waals surface area contributed by atoms with Crippen LogP contribution in [0.15, 0.2) is 12.1 Å². The predicted molar refractivity (Wildman–Crippen MR) is 58.2 cm³/mol. The van der Waals surface area contributed by atoms with Gasteiger partial charge in [0.1, 0.15) is 0 Å². The second kappa shape index (κ2) is 4.10. The van der Waals surface area contributed by atoms with Gasteiger partial charge in [0.05, 0.1) is 19.1 Å². The maximum atomic E-state index is 11.0. The summed E-state index contributed by atoms with van der Waals surface area (Å²) < 4.78 is 31.7. The maximum absolute atomic E-state index is 11.0. The zero-order chi connectivity index (χ0) is 12.6. The zero-order valence-corrected chi connectivity index (χ0v) is 9.58. The van der Waals surface area contributed by atoms with Gasteiger partial charge in [-0.3, -0.25) is 0 Å². The summed E-state index contributed by atoms with van der Waals surface area (Å²) in [5.41, 5.74) is 0.331. The molecule has 1 N–H and O–H groups in total. The van der Waals surface area contributed by atoms with Crippen LogP contribution in [0.3, 0.4) is 0 Å². The molecule has 1 heterocycles. The third-order valence-corrected chi connectivity index (χ3v) is 3.00. The number of fused-ring (bicyclic) bond motifs is 1. The summed E-state index contributed by atoms with van der Waals surface area (Å²) in [6.45, 7) is 0. The lowest BCUT2D eigenvalue weighted by molar-refractivity contribution is 0.0696. The van der Waals surface area contributed by atoms with Crippen LogP contribution in [0.5, 0.6) is 11.5 Å². The molecular weight excluding hydrogens is 248 g/mol. The standard InChI is InChI=1S/C10H8O6S/c1-15-7-3-2-5(10(11)12)6-4-8(17(13)14)16-9(6)7/h2-3H,4H2,1H3,(H,11,12). The van der Waals surface area contributed by atoms with Gasteiger partial charge in [-0.2, -0.15) is 8.42 Å². The molecule has 0 spiro atoms. The summed E-state index contributed by atoms with van der Waals surface area (Å²) in [5.74, 6) is -0.664. The largest absolute Gasteiger partial charge is 0.493 e. The zero-order valence-electron chi connectivity index (χ0n) is 8.76. The van der Waals surface area contributed by atoms with Crippen LogP contribution in [0.1, 0.15) is 15.9 Å². The van der Waals surface area contributed by atoms with Crippen LogP contribution in [-0.4, -0.2) is 31.7 Å². The summed E-state index contributed by atoms with van der Waals surface area (Å²) in [4.78, 5) is 11.0. The molecule has 17 heavy (non-hydrogen) atoms. The Kier molecular flexibility index (Phi) is 2.76. The van der Waals surface area contributed by atoms with Crippen molar-refractivity contribution in [3.63, 3.8) is 0 Å². The van der Waals surface area contributed by atoms with E-state index in [2.05, 4.69) is 0 Å². The van der Waals surface area contributed by atoms with E-state index in [0.29, 0.717) is 11.3 Å². The molecule has 7 heteroatoms. The van der Waals surface area contributed by atoms with E-state index in [9.17, 15) is 13.2 Å². The van der Waals surface area contributed by atoms with Crippen LogP contribution < -0.4 is 9.47 Å². The lowest BCUT2D eigenvalue weighted by Gasteiger charge is -2.07. The molecule has 0 amide bonds. The molecule has 1 aliphatic heterocycles. The van der Waals surface area contributed by atoms with Gasteiger partial charge in [0.25, 0.3) is 10.3 Å². The van der Waals surface area contributed by atoms with Gasteiger partial charge in [-0.1, -0.05) is 0 Å². The highest BCUT2D eigenvalue weighted by Crippen LogP contribution is 2.38. The molecule has 0 radical (unpaired) electrons. The third-order valence-electron chi connectivity index (χ3n) is 2.40. The normalized spacial score (nSPS) is 12.9. The molecule has 6 nitrogen and oxygen atoms in total. The number of ether oxygens (including phenoxy) is 2. The number of hydrogen-bond acceptors (Lipinski definition) is 5. The van der Waals surface area contributed by atoms with Crippen molar-refractivity contribution in [2.75, 3.05) is 7.11 Å². The number of carbonyl (C=O) groups is 1. The minimum Gasteiger partial charge on any atom is -0.493 e. The first-order chi connectivity index (χ1) is 8.04. The van der Waals surface area contributed by atoms with Crippen LogP contribution in [0.2, 0.25) is 0 Å². The molecule has 90 valence electrons. The van der Waals surface area contributed by atoms with Gasteiger partial charge < -0.3 is 14.6 Å². The van der Waals surface area contributed by atoms with Crippen LogP contribution in [0.25, 0.3) is 0 Å². The van der Waals surface area contributed by atoms with E-state index < -0.39 is 16.3 Å². The van der Waals surface area contributed by atoms with E-state index in [1.165, 1.54) is 19.2 Å². The van der Waals surface area contributed by atoms with Crippen molar-refractivity contribution in [1.29, 1.82) is 0 Å². The Morgan fingerprint density at radius 2 is 2.18 bits per heavy atom. The Bertz CT molecular complexity index is 620. The van der Waals surface area contributed by atoms with E-state index in [-0.39, 0.29) is 22.8 Å². The van der Waals surface area contributed by atoms with Crippen molar-refractivity contribution >= 4 is 21.3 Å². The highest BCUT2D eigenvalue weighted by atomic mass is 32.2. The van der Waals surface area contributed by atoms with E-state index in [1.54, 1.807) is 0 Å². The van der Waals surface area contributed by atoms with Gasteiger partial charge in [0.15, 0.2) is 11.5 Å². The van der Waals surface area contributed by atoms with Gasteiger partial charge in [-0.25, -0.2) is 4.79 Å². The fourth-order valence-electron chi connectivity index (χ4n) is 1.64. The first kappa shape index (κ1) is 11.5. The summed E-state index contributed by atoms with van der Waals surface area (Å²) in [6.07, 6.45) is -0.0652. The number of carboxylic acids is 1. The Hall–Kier alpha value is -2.02. The molecule has 0 aromatic heterocycles. The minimum absolute atomic E-state index is 0.0150. The van der Waals surface area contributed by atoms with Crippen LogP contribution in [-0.2, 0) is 16.7 Å². The highest BCUT2D eigenvalue weighted by Gasteiger charge is 2.29. The summed E-state index contributed by atoms with van der Waals surface area (Å²) >= 11 is 0. The lowest BCUT2D eigenvalue weighted by Crippen LogP contribution is -2.05. The minimum atomic E-state index is -2.50. The average molecular weight is 256 g/mol. The molecule has 0 saturated heterocycles. The molecule has 1 aliphatic rings. The van der Waals surface area contributed by atoms with Crippen LogP contribution in [0.4, 0.5) is 0 Å². The SMILES string of the molecule is COc1ccc(C(=O)O)c2c1OC(=S(=O)=O)C2. The number of aromatic carboxylic acids is 1. The molecule has 0 atom stereocenters. The van der Waals surface area contributed by atoms with Crippen LogP contribution in [0, 0.1) is 0 Å². The van der Waals surface area contributed by atoms with Crippen molar-refractivity contribution in [3.8, 4) is 11.5 Å². The van der Waals surface area contributed by atoms with Gasteiger partial charge >= 0.3 is 5.97 Å². The van der Waals surface area contributed by atoms with Crippen molar-refractivity contribution in [2.45, 2.75) is 6.42 Å². The summed E-state index contributed by atoms with van der Waals surface area (Å²) in [5, 5.41) is 8.78. The van der Waals surface area contributed by atoms with Crippen molar-refractivity contribution < 1.29 is 27.8 Å². The number of rotatable bonds is 2. The fraction of sp³-hybridized carbons (Fsp3) is 0.200. The molecule has 0 aliphatic carbocycles. The number of methoxy groups -OCH3 is 1. The molecule has 0 bridgehead atoms. The first-order valence-electron chi connectivity index (χ1n) is 4.60. The van der Waals surface area contributed by atoms with E-state index in [1.807, 2.05) is 0 Å². The monoisotopic (exact) mass is 256 g/mol. The predicted octanol–water partition coefficient (Wildman–Crippen LogP) is 0.337. The summed E-state index contributed by atoms with van der Waals surface area (Å²) in [7, 11) is -1.11. The Morgan fingerprint density at radius 3 is 2.71 bits per heavy atom. The van der Waals surface area contributed by atoms with Crippen molar-refractivity contribution in [3.05, 3.63) is 23.3 Å². The summed E-state index contributed by atoms with van der Waals surface area (Å²) in [6, 6.07) is 2.79. The Labute approximate surface area is 97.9 Å². The molecule has 1 aromatic carbocycles. The molecule has 1 aromatic rings. The average Bonchev–Trinajstić information content (AvgIpc) is 2.71. The van der Waals surface area contributed by atoms with E-state index in [4.69, 9.17) is 14.6 Å². The number of carboxylic acid groups (broad SMARTS) is 1. The molecular formula is C10H8O6S. The highest BCUT2D eigenvalue weighted by molar-refractivity contribution is 7.72. The van der Waals surface area contributed by atoms with Gasteiger partial charge in [0, 0.05) is 5.56 Å². The molecule has 0 saturated carbocycles. The van der Waals surface area contributed by atoms with E-state index in [0.717, 1.165) is 0 Å². The molecule has 2 rings (SSSR count). The van der Waals surface area contributed by atoms with Crippen molar-refractivity contribution in [2.24, 2.45) is 0 Å². The topological polar surface area (TPSA) is 89.9 Å². The van der Waals surface area contributed by atoms with Gasteiger partial charge in [0.2, 0.25) is 5.05 Å². The number of hydrogen-bond donors (Lipinski definition) is 1.